The molecule has 2 saturated heterocycles. The molecule has 0 saturated carbocycles. The molecule has 1 aromatic heterocycles. The third-order valence-corrected chi connectivity index (χ3v) is 4.55. The number of ether oxygens (including phenoxy) is 1. The molecule has 0 radical (unpaired) electrons. The van der Waals surface area contributed by atoms with Crippen molar-refractivity contribution >= 4 is 0 Å². The predicted molar refractivity (Wildman–Crippen MR) is 77.0 cm³/mol. The Kier molecular flexibility index (Phi) is 3.20. The van der Waals surface area contributed by atoms with Crippen LogP contribution in [0.1, 0.15) is 37.8 Å². The van der Waals surface area contributed by atoms with Crippen molar-refractivity contribution in [2.24, 2.45) is 0 Å². The average molecular weight is 285 g/mol. The van der Waals surface area contributed by atoms with E-state index in [0.717, 1.165) is 12.1 Å². The van der Waals surface area contributed by atoms with Crippen molar-refractivity contribution in [2.75, 3.05) is 0 Å². The first kappa shape index (κ1) is 12.9. The summed E-state index contributed by atoms with van der Waals surface area (Å²) in [6, 6.07) is 9.08. The number of hydrogen-bond donors (Lipinski definition) is 1. The van der Waals surface area contributed by atoms with Gasteiger partial charge >= 0.3 is 0 Å². The molecule has 21 heavy (non-hydrogen) atoms. The lowest BCUT2D eigenvalue weighted by Gasteiger charge is -2.25. The summed E-state index contributed by atoms with van der Waals surface area (Å²) >= 11 is 0. The van der Waals surface area contributed by atoms with Crippen LogP contribution in [0.25, 0.3) is 5.69 Å². The first-order valence-corrected chi connectivity index (χ1v) is 7.54. The molecule has 4 rings (SSSR count). The molecule has 4 unspecified atom stereocenters. The fourth-order valence-electron chi connectivity index (χ4n) is 3.45. The van der Waals surface area contributed by atoms with Crippen LogP contribution in [0.4, 0.5) is 0 Å². The van der Waals surface area contributed by atoms with E-state index in [0.29, 0.717) is 18.2 Å². The molecule has 0 spiro atoms. The van der Waals surface area contributed by atoms with Gasteiger partial charge in [-0.2, -0.15) is 0 Å². The van der Waals surface area contributed by atoms with Crippen LogP contribution >= 0.6 is 0 Å². The minimum atomic E-state index is 0.286. The Bertz CT molecular complexity index is 614. The largest absolute Gasteiger partial charge is 0.373 e. The van der Waals surface area contributed by atoms with Crippen molar-refractivity contribution in [3.8, 4) is 5.69 Å². The van der Waals surface area contributed by atoms with E-state index in [-0.39, 0.29) is 6.04 Å². The molecule has 6 heteroatoms. The standard InChI is InChI=1S/C15H19N5O/c1-10(17-14-8-13-5-6-15(14)21-13)11-3-2-4-12(7-11)20-9-16-18-19-20/h2-4,7,9-10,13-15,17H,5-6,8H2,1H3. The van der Waals surface area contributed by atoms with Gasteiger partial charge in [0.05, 0.1) is 17.9 Å². The highest BCUT2D eigenvalue weighted by molar-refractivity contribution is 5.35. The number of fused-ring (bicyclic) bond motifs is 2. The van der Waals surface area contributed by atoms with Gasteiger partial charge in [0.25, 0.3) is 0 Å². The lowest BCUT2D eigenvalue weighted by atomic mass is 9.94. The van der Waals surface area contributed by atoms with Crippen molar-refractivity contribution < 1.29 is 4.74 Å². The summed E-state index contributed by atoms with van der Waals surface area (Å²) in [5, 5.41) is 15.0. The Balaban J connectivity index is 1.49. The minimum absolute atomic E-state index is 0.286. The second-order valence-electron chi connectivity index (χ2n) is 5.95. The summed E-state index contributed by atoms with van der Waals surface area (Å²) in [6.45, 7) is 2.20. The van der Waals surface area contributed by atoms with Gasteiger partial charge in [-0.3, -0.25) is 0 Å². The topological polar surface area (TPSA) is 64.9 Å². The van der Waals surface area contributed by atoms with E-state index in [4.69, 9.17) is 4.74 Å². The lowest BCUT2D eigenvalue weighted by molar-refractivity contribution is 0.0962. The summed E-state index contributed by atoms with van der Waals surface area (Å²) in [7, 11) is 0. The molecule has 2 aliphatic heterocycles. The monoisotopic (exact) mass is 285 g/mol. The van der Waals surface area contributed by atoms with E-state index < -0.39 is 0 Å². The molecule has 4 atom stereocenters. The van der Waals surface area contributed by atoms with Crippen molar-refractivity contribution in [2.45, 2.75) is 50.5 Å². The molecule has 1 aromatic carbocycles. The molecule has 1 N–H and O–H groups in total. The van der Waals surface area contributed by atoms with Gasteiger partial charge < -0.3 is 10.1 Å². The molecule has 0 aliphatic carbocycles. The highest BCUT2D eigenvalue weighted by Gasteiger charge is 2.40. The minimum Gasteiger partial charge on any atom is -0.373 e. The maximum Gasteiger partial charge on any atom is 0.143 e. The molecule has 2 fully saturated rings. The van der Waals surface area contributed by atoms with Gasteiger partial charge in [0.1, 0.15) is 6.33 Å². The zero-order valence-electron chi connectivity index (χ0n) is 12.0. The van der Waals surface area contributed by atoms with Crippen LogP contribution < -0.4 is 5.32 Å². The third-order valence-electron chi connectivity index (χ3n) is 4.55. The van der Waals surface area contributed by atoms with Gasteiger partial charge in [0.2, 0.25) is 0 Å². The van der Waals surface area contributed by atoms with Crippen LogP contribution in [-0.2, 0) is 4.74 Å². The van der Waals surface area contributed by atoms with E-state index in [1.165, 1.54) is 18.4 Å². The first-order valence-electron chi connectivity index (χ1n) is 7.54. The fraction of sp³-hybridized carbons (Fsp3) is 0.533. The summed E-state index contributed by atoms with van der Waals surface area (Å²) in [6.07, 6.45) is 6.06. The van der Waals surface area contributed by atoms with Crippen molar-refractivity contribution in [3.05, 3.63) is 36.2 Å². The number of rotatable bonds is 4. The van der Waals surface area contributed by atoms with E-state index >= 15 is 0 Å². The molecule has 2 bridgehead atoms. The Morgan fingerprint density at radius 3 is 3.05 bits per heavy atom. The quantitative estimate of drug-likeness (QED) is 0.925. The second kappa shape index (κ2) is 5.20. The summed E-state index contributed by atoms with van der Waals surface area (Å²) in [5.74, 6) is 0. The van der Waals surface area contributed by atoms with E-state index in [9.17, 15) is 0 Å². The van der Waals surface area contributed by atoms with Gasteiger partial charge in [0.15, 0.2) is 0 Å². The highest BCUT2D eigenvalue weighted by Crippen LogP contribution is 2.35. The van der Waals surface area contributed by atoms with Crippen molar-refractivity contribution in [1.29, 1.82) is 0 Å². The fourth-order valence-corrected chi connectivity index (χ4v) is 3.45. The molecule has 110 valence electrons. The number of benzene rings is 1. The normalized spacial score (nSPS) is 28.9. The van der Waals surface area contributed by atoms with Crippen LogP contribution in [0.15, 0.2) is 30.6 Å². The Hall–Kier alpha value is -1.79. The molecule has 3 heterocycles. The van der Waals surface area contributed by atoms with Crippen molar-refractivity contribution in [1.82, 2.24) is 25.5 Å². The highest BCUT2D eigenvalue weighted by atomic mass is 16.5. The third kappa shape index (κ3) is 2.45. The summed E-state index contributed by atoms with van der Waals surface area (Å²) < 4.78 is 7.59. The van der Waals surface area contributed by atoms with Crippen LogP contribution in [0, 0.1) is 0 Å². The molecule has 0 amide bonds. The van der Waals surface area contributed by atoms with Crippen LogP contribution in [-0.4, -0.2) is 38.5 Å². The van der Waals surface area contributed by atoms with Crippen LogP contribution in [0.2, 0.25) is 0 Å². The number of nitrogens with zero attached hydrogens (tertiary/aromatic N) is 4. The Morgan fingerprint density at radius 2 is 2.33 bits per heavy atom. The zero-order valence-corrected chi connectivity index (χ0v) is 12.0. The van der Waals surface area contributed by atoms with E-state index in [1.807, 2.05) is 12.1 Å². The molecular weight excluding hydrogens is 266 g/mol. The number of aromatic nitrogens is 4. The number of hydrogen-bond acceptors (Lipinski definition) is 5. The summed E-state index contributed by atoms with van der Waals surface area (Å²) in [5.41, 5.74) is 2.22. The zero-order chi connectivity index (χ0) is 14.2. The maximum atomic E-state index is 5.91. The Morgan fingerprint density at radius 1 is 1.38 bits per heavy atom. The van der Waals surface area contributed by atoms with Gasteiger partial charge in [0, 0.05) is 12.1 Å². The molecular formula is C15H19N5O. The average Bonchev–Trinajstić information content (AvgIpc) is 3.25. The van der Waals surface area contributed by atoms with Gasteiger partial charge in [-0.1, -0.05) is 12.1 Å². The molecule has 2 aromatic rings. The van der Waals surface area contributed by atoms with Gasteiger partial charge in [-0.05, 0) is 54.3 Å². The number of nitrogens with one attached hydrogen (secondary N) is 1. The van der Waals surface area contributed by atoms with Gasteiger partial charge in [-0.25, -0.2) is 4.68 Å². The smallest absolute Gasteiger partial charge is 0.143 e. The van der Waals surface area contributed by atoms with Crippen molar-refractivity contribution in [3.63, 3.8) is 0 Å². The van der Waals surface area contributed by atoms with E-state index in [2.05, 4.69) is 39.9 Å². The lowest BCUT2D eigenvalue weighted by Crippen LogP contribution is -2.39. The predicted octanol–water partition coefficient (Wildman–Crippen LogP) is 1.63. The Labute approximate surface area is 123 Å². The first-order chi connectivity index (χ1) is 10.3. The van der Waals surface area contributed by atoms with Crippen LogP contribution in [0.3, 0.4) is 0 Å². The number of tetrazole rings is 1. The van der Waals surface area contributed by atoms with Gasteiger partial charge in [-0.15, -0.1) is 5.10 Å². The SMILES string of the molecule is CC(NC1CC2CCC1O2)c1cccc(-n2cnnn2)c1. The molecule has 6 nitrogen and oxygen atoms in total. The van der Waals surface area contributed by atoms with E-state index in [1.54, 1.807) is 11.0 Å². The molecule has 2 aliphatic rings. The van der Waals surface area contributed by atoms with Crippen LogP contribution in [0.5, 0.6) is 0 Å². The summed E-state index contributed by atoms with van der Waals surface area (Å²) in [4.78, 5) is 0. The maximum absolute atomic E-state index is 5.91. The second-order valence-corrected chi connectivity index (χ2v) is 5.95.